The van der Waals surface area contributed by atoms with E-state index >= 15 is 0 Å². The number of ketones is 1. The lowest BCUT2D eigenvalue weighted by atomic mass is 9.78. The van der Waals surface area contributed by atoms with Crippen LogP contribution in [0.1, 0.15) is 47.0 Å². The molecule has 2 aliphatic rings. The molecule has 1 unspecified atom stereocenters. The predicted molar refractivity (Wildman–Crippen MR) is 75.1 cm³/mol. The van der Waals surface area contributed by atoms with Gasteiger partial charge in [-0.2, -0.15) is 0 Å². The minimum absolute atomic E-state index is 0.0567. The lowest BCUT2D eigenvalue weighted by Crippen LogP contribution is -2.29. The molecule has 1 fully saturated rings. The molecule has 2 heteroatoms. The van der Waals surface area contributed by atoms with E-state index in [2.05, 4.69) is 33.8 Å². The normalized spacial score (nSPS) is 31.7. The van der Waals surface area contributed by atoms with Crippen molar-refractivity contribution in [2.75, 3.05) is 0 Å². The molecule has 2 N–H and O–H groups in total. The zero-order valence-corrected chi connectivity index (χ0v) is 12.0. The predicted octanol–water partition coefficient (Wildman–Crippen LogP) is 3.23. The lowest BCUT2D eigenvalue weighted by Gasteiger charge is -2.27. The van der Waals surface area contributed by atoms with Crippen molar-refractivity contribution in [3.63, 3.8) is 0 Å². The van der Waals surface area contributed by atoms with Crippen LogP contribution in [0.25, 0.3) is 0 Å². The van der Waals surface area contributed by atoms with E-state index in [1.54, 1.807) is 0 Å². The number of allylic oxidation sites excluding steroid dienone is 3. The van der Waals surface area contributed by atoms with Crippen LogP contribution >= 0.6 is 0 Å². The Balaban J connectivity index is 2.20. The number of fused-ring (bicyclic) bond motifs is 1. The molecule has 2 rings (SSSR count). The Labute approximate surface area is 110 Å². The zero-order chi connectivity index (χ0) is 13.5. The molecule has 3 atom stereocenters. The summed E-state index contributed by atoms with van der Waals surface area (Å²) in [5.41, 5.74) is 8.39. The van der Waals surface area contributed by atoms with Crippen LogP contribution in [0.4, 0.5) is 0 Å². The molecule has 0 aromatic carbocycles. The summed E-state index contributed by atoms with van der Waals surface area (Å²) in [7, 11) is 0. The Morgan fingerprint density at radius 3 is 2.67 bits per heavy atom. The van der Waals surface area contributed by atoms with Gasteiger partial charge in [-0.25, -0.2) is 0 Å². The molecular formula is C16H25NO. The number of Topliss-reactive ketones (excluding diaryl/α,β-unsaturated/α-hetero) is 1. The van der Waals surface area contributed by atoms with Crippen molar-refractivity contribution in [3.05, 3.63) is 23.3 Å². The molecule has 18 heavy (non-hydrogen) atoms. The van der Waals surface area contributed by atoms with Gasteiger partial charge in [0.2, 0.25) is 0 Å². The van der Waals surface area contributed by atoms with Crippen molar-refractivity contribution in [1.29, 1.82) is 0 Å². The van der Waals surface area contributed by atoms with Crippen LogP contribution in [0.3, 0.4) is 0 Å². The van der Waals surface area contributed by atoms with Gasteiger partial charge >= 0.3 is 0 Å². The summed E-state index contributed by atoms with van der Waals surface area (Å²) in [6.07, 6.45) is 7.03. The fourth-order valence-corrected chi connectivity index (χ4v) is 3.27. The van der Waals surface area contributed by atoms with Gasteiger partial charge in [-0.3, -0.25) is 4.79 Å². The van der Waals surface area contributed by atoms with Gasteiger partial charge in [0.15, 0.2) is 5.78 Å². The van der Waals surface area contributed by atoms with Crippen LogP contribution < -0.4 is 5.73 Å². The highest BCUT2D eigenvalue weighted by molar-refractivity contribution is 5.99. The second-order valence-corrected chi connectivity index (χ2v) is 7.04. The van der Waals surface area contributed by atoms with Crippen molar-refractivity contribution in [1.82, 2.24) is 0 Å². The third kappa shape index (κ3) is 2.59. The van der Waals surface area contributed by atoms with Gasteiger partial charge < -0.3 is 5.73 Å². The van der Waals surface area contributed by atoms with E-state index in [1.807, 2.05) is 6.08 Å². The maximum Gasteiger partial charge on any atom is 0.163 e. The van der Waals surface area contributed by atoms with Crippen molar-refractivity contribution in [3.8, 4) is 0 Å². The molecule has 0 bridgehead atoms. The molecule has 0 amide bonds. The number of rotatable bonds is 2. The van der Waals surface area contributed by atoms with Gasteiger partial charge in [-0.05, 0) is 37.0 Å². The van der Waals surface area contributed by atoms with E-state index in [1.165, 1.54) is 5.57 Å². The van der Waals surface area contributed by atoms with E-state index < -0.39 is 0 Å². The average Bonchev–Trinajstić information content (AvgIpc) is 2.59. The average molecular weight is 247 g/mol. The molecule has 0 heterocycles. The third-order valence-corrected chi connectivity index (χ3v) is 4.23. The Hall–Kier alpha value is -0.890. The fourth-order valence-electron chi connectivity index (χ4n) is 3.27. The molecule has 0 saturated heterocycles. The zero-order valence-electron chi connectivity index (χ0n) is 12.0. The number of hydrogen-bond donors (Lipinski definition) is 1. The molecule has 2 nitrogen and oxygen atoms in total. The van der Waals surface area contributed by atoms with E-state index in [-0.39, 0.29) is 17.2 Å². The molecule has 0 aliphatic heterocycles. The van der Waals surface area contributed by atoms with Crippen molar-refractivity contribution < 1.29 is 4.79 Å². The second kappa shape index (κ2) is 4.65. The smallest absolute Gasteiger partial charge is 0.163 e. The molecule has 2 aliphatic carbocycles. The summed E-state index contributed by atoms with van der Waals surface area (Å²) in [5.74, 6) is 1.25. The Kier molecular flexibility index (Phi) is 3.50. The Bertz CT molecular complexity index is 411. The summed E-state index contributed by atoms with van der Waals surface area (Å²) in [6.45, 7) is 8.46. The summed E-state index contributed by atoms with van der Waals surface area (Å²) >= 11 is 0. The Morgan fingerprint density at radius 1 is 1.39 bits per heavy atom. The summed E-state index contributed by atoms with van der Waals surface area (Å²) < 4.78 is 0. The van der Waals surface area contributed by atoms with E-state index in [0.717, 1.165) is 18.4 Å². The molecule has 1 saturated carbocycles. The quantitative estimate of drug-likeness (QED) is 0.814. The molecule has 0 spiro atoms. The first-order valence-electron chi connectivity index (χ1n) is 6.97. The maximum absolute atomic E-state index is 12.4. The van der Waals surface area contributed by atoms with Crippen LogP contribution in [-0.4, -0.2) is 11.8 Å². The van der Waals surface area contributed by atoms with Crippen LogP contribution in [0.15, 0.2) is 23.3 Å². The molecule has 0 radical (unpaired) electrons. The SMILES string of the molecule is CC1=C(C(=O)CC(C)(C)C)C=C[C@@H]2C1CC[C@@H]2N. The van der Waals surface area contributed by atoms with Crippen molar-refractivity contribution >= 4 is 5.78 Å². The van der Waals surface area contributed by atoms with Crippen LogP contribution in [0.2, 0.25) is 0 Å². The number of hydrogen-bond acceptors (Lipinski definition) is 2. The summed E-state index contributed by atoms with van der Waals surface area (Å²) in [4.78, 5) is 12.4. The molecule has 100 valence electrons. The van der Waals surface area contributed by atoms with Crippen molar-refractivity contribution in [2.24, 2.45) is 23.0 Å². The van der Waals surface area contributed by atoms with E-state index in [4.69, 9.17) is 5.73 Å². The van der Waals surface area contributed by atoms with Crippen LogP contribution in [0, 0.1) is 17.3 Å². The minimum Gasteiger partial charge on any atom is -0.327 e. The van der Waals surface area contributed by atoms with Gasteiger partial charge in [0, 0.05) is 18.0 Å². The summed E-state index contributed by atoms with van der Waals surface area (Å²) in [6, 6.07) is 0.278. The number of carbonyl (C=O) groups is 1. The largest absolute Gasteiger partial charge is 0.327 e. The van der Waals surface area contributed by atoms with Gasteiger partial charge in [-0.15, -0.1) is 0 Å². The maximum atomic E-state index is 12.4. The molecule has 0 aromatic heterocycles. The van der Waals surface area contributed by atoms with Crippen LogP contribution in [0.5, 0.6) is 0 Å². The highest BCUT2D eigenvalue weighted by atomic mass is 16.1. The standard InChI is InChI=1S/C16H25NO/c1-10-11-7-8-14(17)13(11)6-5-12(10)15(18)9-16(2,3)4/h5-6,11,13-14H,7-9,17H2,1-4H3/t11?,13-,14+/m1/s1. The number of nitrogens with two attached hydrogens (primary N) is 1. The highest BCUT2D eigenvalue weighted by Gasteiger charge is 2.36. The molecular weight excluding hydrogens is 222 g/mol. The highest BCUT2D eigenvalue weighted by Crippen LogP contribution is 2.41. The monoisotopic (exact) mass is 247 g/mol. The van der Waals surface area contributed by atoms with Crippen molar-refractivity contribution in [2.45, 2.75) is 53.0 Å². The fraction of sp³-hybridized carbons (Fsp3) is 0.688. The second-order valence-electron chi connectivity index (χ2n) is 7.04. The first-order chi connectivity index (χ1) is 8.29. The molecule has 0 aromatic rings. The minimum atomic E-state index is 0.0567. The Morgan fingerprint density at radius 2 is 2.06 bits per heavy atom. The van der Waals surface area contributed by atoms with E-state index in [9.17, 15) is 4.79 Å². The topological polar surface area (TPSA) is 43.1 Å². The number of carbonyl (C=O) groups excluding carboxylic acids is 1. The lowest BCUT2D eigenvalue weighted by molar-refractivity contribution is -0.117. The van der Waals surface area contributed by atoms with Gasteiger partial charge in [0.25, 0.3) is 0 Å². The first kappa shape index (κ1) is 13.5. The van der Waals surface area contributed by atoms with Crippen LogP contribution in [-0.2, 0) is 4.79 Å². The van der Waals surface area contributed by atoms with Gasteiger partial charge in [0.1, 0.15) is 0 Å². The van der Waals surface area contributed by atoms with E-state index in [0.29, 0.717) is 18.3 Å². The van der Waals surface area contributed by atoms with Gasteiger partial charge in [-0.1, -0.05) is 38.5 Å². The third-order valence-electron chi connectivity index (χ3n) is 4.23. The first-order valence-corrected chi connectivity index (χ1v) is 6.97. The summed E-state index contributed by atoms with van der Waals surface area (Å²) in [5, 5.41) is 0. The van der Waals surface area contributed by atoms with Gasteiger partial charge in [0.05, 0.1) is 0 Å².